The lowest BCUT2D eigenvalue weighted by Crippen LogP contribution is -2.29. The van der Waals surface area contributed by atoms with Crippen LogP contribution in [0.15, 0.2) is 41.3 Å². The number of anilines is 1. The number of rotatable bonds is 2. The van der Waals surface area contributed by atoms with E-state index in [1.54, 1.807) is 12.1 Å². The van der Waals surface area contributed by atoms with E-state index in [1.165, 1.54) is 22.9 Å². The summed E-state index contributed by atoms with van der Waals surface area (Å²) in [6, 6.07) is 7.07. The standard InChI is InChI=1S/C10H7NO2S2/c12-9-5-6-10(13)11(9)7-1-3-8(15-14)4-2-7/h1-6,14H. The largest absolute Gasteiger partial charge is 0.269 e. The number of amides is 2. The van der Waals surface area contributed by atoms with E-state index < -0.39 is 0 Å². The molecule has 0 N–H and O–H groups in total. The Hall–Kier alpha value is -1.20. The van der Waals surface area contributed by atoms with Crippen LogP contribution < -0.4 is 4.90 Å². The van der Waals surface area contributed by atoms with Crippen molar-refractivity contribution in [3.63, 3.8) is 0 Å². The van der Waals surface area contributed by atoms with E-state index in [-0.39, 0.29) is 11.8 Å². The highest BCUT2D eigenvalue weighted by Crippen LogP contribution is 2.25. The molecular weight excluding hydrogens is 230 g/mol. The molecule has 0 aromatic heterocycles. The molecule has 1 aliphatic rings. The molecule has 76 valence electrons. The van der Waals surface area contributed by atoms with Crippen molar-refractivity contribution in [3.05, 3.63) is 36.4 Å². The van der Waals surface area contributed by atoms with Crippen molar-refractivity contribution in [2.24, 2.45) is 0 Å². The minimum atomic E-state index is -0.300. The van der Waals surface area contributed by atoms with Gasteiger partial charge >= 0.3 is 0 Å². The Bertz CT molecular complexity index is 421. The van der Waals surface area contributed by atoms with Crippen LogP contribution in [-0.4, -0.2) is 11.8 Å². The second kappa shape index (κ2) is 4.12. The van der Waals surface area contributed by atoms with E-state index in [1.807, 2.05) is 12.1 Å². The van der Waals surface area contributed by atoms with Gasteiger partial charge in [-0.1, -0.05) is 10.8 Å². The monoisotopic (exact) mass is 237 g/mol. The van der Waals surface area contributed by atoms with E-state index in [0.29, 0.717) is 5.69 Å². The highest BCUT2D eigenvalue weighted by molar-refractivity contribution is 8.68. The van der Waals surface area contributed by atoms with Crippen molar-refractivity contribution >= 4 is 40.0 Å². The van der Waals surface area contributed by atoms with E-state index in [4.69, 9.17) is 0 Å². The second-order valence-electron chi connectivity index (χ2n) is 2.93. The molecule has 15 heavy (non-hydrogen) atoms. The summed E-state index contributed by atoms with van der Waals surface area (Å²) in [5.74, 6) is -0.599. The van der Waals surface area contributed by atoms with Gasteiger partial charge in [-0.15, -0.1) is 11.7 Å². The molecule has 2 rings (SSSR count). The number of imide groups is 1. The summed E-state index contributed by atoms with van der Waals surface area (Å²) in [5, 5.41) is 0. The molecule has 1 aromatic rings. The lowest BCUT2D eigenvalue weighted by molar-refractivity contribution is -0.119. The molecule has 1 aliphatic heterocycles. The van der Waals surface area contributed by atoms with E-state index in [9.17, 15) is 9.59 Å². The fraction of sp³-hybridized carbons (Fsp3) is 0. The lowest BCUT2D eigenvalue weighted by atomic mass is 10.3. The quantitative estimate of drug-likeness (QED) is 0.486. The van der Waals surface area contributed by atoms with Crippen LogP contribution in [0, 0.1) is 0 Å². The molecule has 1 aromatic carbocycles. The van der Waals surface area contributed by atoms with Crippen LogP contribution in [0.1, 0.15) is 0 Å². The molecule has 2 amide bonds. The molecule has 0 fully saturated rings. The summed E-state index contributed by atoms with van der Waals surface area (Å²) >= 11 is 4.05. The van der Waals surface area contributed by atoms with Crippen LogP contribution in [0.25, 0.3) is 0 Å². The van der Waals surface area contributed by atoms with Gasteiger partial charge in [-0.25, -0.2) is 4.90 Å². The summed E-state index contributed by atoms with van der Waals surface area (Å²) in [4.78, 5) is 24.8. The second-order valence-corrected chi connectivity index (χ2v) is 4.13. The Morgan fingerprint density at radius 3 is 2.00 bits per heavy atom. The Kier molecular flexibility index (Phi) is 2.83. The molecule has 0 bridgehead atoms. The molecule has 0 atom stereocenters. The van der Waals surface area contributed by atoms with Crippen molar-refractivity contribution in [3.8, 4) is 0 Å². The summed E-state index contributed by atoms with van der Waals surface area (Å²) in [7, 11) is 1.31. The molecule has 1 heterocycles. The zero-order valence-electron chi connectivity index (χ0n) is 7.58. The van der Waals surface area contributed by atoms with Crippen LogP contribution in [0.3, 0.4) is 0 Å². The summed E-state index contributed by atoms with van der Waals surface area (Å²) < 4.78 is 0. The van der Waals surface area contributed by atoms with Gasteiger partial charge < -0.3 is 0 Å². The Morgan fingerprint density at radius 1 is 1.00 bits per heavy atom. The topological polar surface area (TPSA) is 37.4 Å². The van der Waals surface area contributed by atoms with Gasteiger partial charge in [0.05, 0.1) is 5.69 Å². The maximum absolute atomic E-state index is 11.3. The molecule has 0 radical (unpaired) electrons. The normalized spacial score (nSPS) is 15.1. The average Bonchev–Trinajstić information content (AvgIpc) is 2.59. The number of thiol groups is 1. The molecule has 5 heteroatoms. The van der Waals surface area contributed by atoms with Gasteiger partial charge in [0.2, 0.25) is 0 Å². The van der Waals surface area contributed by atoms with E-state index in [2.05, 4.69) is 11.7 Å². The predicted molar refractivity (Wildman–Crippen MR) is 62.9 cm³/mol. The van der Waals surface area contributed by atoms with Gasteiger partial charge in [-0.05, 0) is 24.3 Å². The first-order valence-electron chi connectivity index (χ1n) is 4.20. The molecule has 0 spiro atoms. The lowest BCUT2D eigenvalue weighted by Gasteiger charge is -2.13. The number of benzene rings is 1. The third-order valence-corrected chi connectivity index (χ3v) is 3.13. The maximum atomic E-state index is 11.3. The first-order chi connectivity index (χ1) is 7.22. The molecule has 0 saturated carbocycles. The SMILES string of the molecule is O=C1C=CC(=O)N1c1ccc(SS)cc1. The zero-order valence-corrected chi connectivity index (χ0v) is 9.29. The maximum Gasteiger partial charge on any atom is 0.258 e. The van der Waals surface area contributed by atoms with Crippen molar-refractivity contribution < 1.29 is 9.59 Å². The molecular formula is C10H7NO2S2. The molecule has 0 saturated heterocycles. The minimum absolute atomic E-state index is 0.300. The Morgan fingerprint density at radius 2 is 1.53 bits per heavy atom. The number of hydrogen-bond donors (Lipinski definition) is 1. The fourth-order valence-electron chi connectivity index (χ4n) is 1.31. The van der Waals surface area contributed by atoms with Gasteiger partial charge in [0.15, 0.2) is 0 Å². The van der Waals surface area contributed by atoms with Crippen molar-refractivity contribution in [2.75, 3.05) is 4.90 Å². The molecule has 0 unspecified atom stereocenters. The van der Waals surface area contributed by atoms with Gasteiger partial charge in [0.25, 0.3) is 11.8 Å². The Labute approximate surface area is 96.0 Å². The number of carbonyl (C=O) groups is 2. The van der Waals surface area contributed by atoms with Crippen LogP contribution in [0.4, 0.5) is 5.69 Å². The average molecular weight is 237 g/mol. The third kappa shape index (κ3) is 1.93. The van der Waals surface area contributed by atoms with Crippen LogP contribution in [-0.2, 0) is 9.59 Å². The molecule has 0 aliphatic carbocycles. The van der Waals surface area contributed by atoms with Crippen molar-refractivity contribution in [2.45, 2.75) is 4.90 Å². The first kappa shape index (κ1) is 10.3. The van der Waals surface area contributed by atoms with Crippen LogP contribution >= 0.6 is 22.5 Å². The Balaban J connectivity index is 2.30. The fourth-order valence-corrected chi connectivity index (χ4v) is 1.93. The summed E-state index contributed by atoms with van der Waals surface area (Å²) in [6.07, 6.45) is 2.53. The van der Waals surface area contributed by atoms with Gasteiger partial charge in [-0.2, -0.15) is 0 Å². The van der Waals surface area contributed by atoms with Crippen LogP contribution in [0.2, 0.25) is 0 Å². The van der Waals surface area contributed by atoms with Crippen molar-refractivity contribution in [1.29, 1.82) is 0 Å². The van der Waals surface area contributed by atoms with E-state index >= 15 is 0 Å². The van der Waals surface area contributed by atoms with Gasteiger partial charge in [0, 0.05) is 17.0 Å². The van der Waals surface area contributed by atoms with Gasteiger partial charge in [0.1, 0.15) is 0 Å². The highest BCUT2D eigenvalue weighted by Gasteiger charge is 2.24. The first-order valence-corrected chi connectivity index (χ1v) is 6.07. The third-order valence-electron chi connectivity index (χ3n) is 2.01. The smallest absolute Gasteiger partial charge is 0.258 e. The summed E-state index contributed by atoms with van der Waals surface area (Å²) in [6.45, 7) is 0. The number of carbonyl (C=O) groups excluding carboxylic acids is 2. The van der Waals surface area contributed by atoms with Crippen molar-refractivity contribution in [1.82, 2.24) is 0 Å². The highest BCUT2D eigenvalue weighted by atomic mass is 33.1. The van der Waals surface area contributed by atoms with E-state index in [0.717, 1.165) is 9.80 Å². The van der Waals surface area contributed by atoms with Gasteiger partial charge in [-0.3, -0.25) is 9.59 Å². The number of hydrogen-bond acceptors (Lipinski definition) is 4. The summed E-state index contributed by atoms with van der Waals surface area (Å²) in [5.41, 5.74) is 0.584. The molecule has 3 nitrogen and oxygen atoms in total. The van der Waals surface area contributed by atoms with Crippen LogP contribution in [0.5, 0.6) is 0 Å². The predicted octanol–water partition coefficient (Wildman–Crippen LogP) is 2.05. The number of nitrogens with zero attached hydrogens (tertiary/aromatic N) is 1. The minimum Gasteiger partial charge on any atom is -0.269 e. The zero-order chi connectivity index (χ0) is 10.8.